The molecule has 7 aromatic heterocycles. The Morgan fingerprint density at radius 1 is 0.484 bits per heavy atom. The zero-order chi connectivity index (χ0) is 90.9. The van der Waals surface area contributed by atoms with Crippen LogP contribution in [0, 0.1) is 11.8 Å². The molecule has 3 aliphatic rings. The van der Waals surface area contributed by atoms with E-state index < -0.39 is 12.1 Å². The quantitative estimate of drug-likeness (QED) is 0.0121. The summed E-state index contributed by atoms with van der Waals surface area (Å²) in [6.07, 6.45) is 54.1. The molecule has 0 spiro atoms. The number of nitrogens with zero attached hydrogens (tertiary/aromatic N) is 1. The molecule has 0 N–H and O–H groups in total. The number of amides is 1. The number of thiophene rings is 7. The maximum absolute atomic E-state index is 14.3. The smallest absolute Gasteiger partial charge is 0.334 e. The van der Waals surface area contributed by atoms with Crippen molar-refractivity contribution in [3.8, 4) is 48.8 Å². The van der Waals surface area contributed by atoms with Gasteiger partial charge in [0.15, 0.2) is 6.10 Å². The molecular weight excluding hydrogens is 1800 g/mol. The van der Waals surface area contributed by atoms with Gasteiger partial charge in [-0.25, -0.2) is 9.59 Å². The lowest BCUT2D eigenvalue weighted by atomic mass is 10.0. The zero-order valence-electron chi connectivity index (χ0n) is 79.0. The highest BCUT2D eigenvalue weighted by molar-refractivity contribution is 8.16. The van der Waals surface area contributed by atoms with Crippen LogP contribution in [-0.2, 0) is 60.1 Å². The van der Waals surface area contributed by atoms with Crippen LogP contribution in [0.4, 0.5) is 0 Å². The van der Waals surface area contributed by atoms with Gasteiger partial charge in [0.1, 0.15) is 0 Å². The van der Waals surface area contributed by atoms with Crippen molar-refractivity contribution in [3.05, 3.63) is 133 Å². The number of Topliss-reactive ketones (excluding diaryl/α,β-unsaturated/α-hetero) is 1. The van der Waals surface area contributed by atoms with Gasteiger partial charge in [-0.3, -0.25) is 9.59 Å². The molecule has 1 aromatic carbocycles. The lowest BCUT2D eigenvalue weighted by Gasteiger charge is -2.19. The van der Waals surface area contributed by atoms with Crippen molar-refractivity contribution in [2.45, 2.75) is 378 Å². The Hall–Kier alpha value is -4.48. The van der Waals surface area contributed by atoms with Crippen LogP contribution < -0.4 is 0 Å². The normalized spacial score (nSPS) is 15.8. The van der Waals surface area contributed by atoms with E-state index in [1.54, 1.807) is 35.6 Å². The second kappa shape index (κ2) is 54.9. The van der Waals surface area contributed by atoms with Gasteiger partial charge in [0.25, 0.3) is 5.91 Å². The fourth-order valence-electron chi connectivity index (χ4n) is 17.7. The van der Waals surface area contributed by atoms with Gasteiger partial charge in [0, 0.05) is 143 Å². The second-order valence-electron chi connectivity index (χ2n) is 36.3. The molecule has 0 bridgehead atoms. The van der Waals surface area contributed by atoms with Crippen LogP contribution in [0.2, 0.25) is 0 Å². The number of carbonyl (C=O) groups is 4. The molecule has 4 unspecified atom stereocenters. The third-order valence-electron chi connectivity index (χ3n) is 25.6. The molecule has 9 heterocycles. The first-order valence-electron chi connectivity index (χ1n) is 49.5. The highest BCUT2D eigenvalue weighted by Crippen LogP contribution is 2.57. The predicted octanol–water partition coefficient (Wildman–Crippen LogP) is 36.4. The van der Waals surface area contributed by atoms with Crippen molar-refractivity contribution in [3.63, 3.8) is 0 Å². The number of benzene rings is 1. The van der Waals surface area contributed by atoms with E-state index in [1.165, 1.54) is 288 Å². The van der Waals surface area contributed by atoms with Crippen molar-refractivity contribution in [1.82, 2.24) is 4.90 Å². The van der Waals surface area contributed by atoms with Crippen molar-refractivity contribution in [1.29, 1.82) is 0 Å². The summed E-state index contributed by atoms with van der Waals surface area (Å²) in [5, 5.41) is 4.29. The van der Waals surface area contributed by atoms with Crippen molar-refractivity contribution in [2.75, 3.05) is 24.7 Å². The number of ketones is 1. The van der Waals surface area contributed by atoms with Crippen LogP contribution in [0.1, 0.15) is 369 Å². The highest BCUT2D eigenvalue weighted by Gasteiger charge is 2.38. The first-order valence-corrected chi connectivity index (χ1v) is 59.4. The number of likely N-dealkylation sites (tertiary alicyclic amines) is 1. The highest BCUT2D eigenvalue weighted by atomic mass is 32.2. The largest absolute Gasteiger partial charge is 0.462 e. The van der Waals surface area contributed by atoms with Gasteiger partial charge in [0.05, 0.1) is 20.5 Å². The lowest BCUT2D eigenvalue weighted by Crippen LogP contribution is -2.29. The fourth-order valence-corrected chi connectivity index (χ4v) is 32.8. The van der Waals surface area contributed by atoms with Gasteiger partial charge in [-0.1, -0.05) is 286 Å². The number of aryl methyl sites for hydroxylation is 4. The van der Waals surface area contributed by atoms with Gasteiger partial charge in [-0.2, -0.15) is 0 Å². The van der Waals surface area contributed by atoms with Crippen LogP contribution in [0.5, 0.6) is 0 Å². The molecule has 696 valence electrons. The van der Waals surface area contributed by atoms with Crippen LogP contribution in [-0.4, -0.2) is 74.5 Å². The average molecular weight is 1950 g/mol. The third-order valence-corrected chi connectivity index (χ3v) is 40.5. The molecular formula is C109H147NO6S12. The Kier molecular flexibility index (Phi) is 44.6. The molecule has 1 aliphatic carbocycles. The van der Waals surface area contributed by atoms with E-state index in [9.17, 15) is 19.2 Å². The van der Waals surface area contributed by atoms with Crippen molar-refractivity contribution in [2.24, 2.45) is 11.8 Å². The summed E-state index contributed by atoms with van der Waals surface area (Å²) in [6.45, 7) is 30.6. The first kappa shape index (κ1) is 104. The van der Waals surface area contributed by atoms with Crippen LogP contribution >= 0.6 is 138 Å². The molecule has 11 rings (SSSR count). The Labute approximate surface area is 820 Å². The maximum atomic E-state index is 14.3. The maximum Gasteiger partial charge on any atom is 0.334 e. The Balaban J connectivity index is 0.957. The molecule has 4 atom stereocenters. The zero-order valence-corrected chi connectivity index (χ0v) is 88.8. The summed E-state index contributed by atoms with van der Waals surface area (Å²) in [7, 11) is -0.131. The lowest BCUT2D eigenvalue weighted by molar-refractivity contribution is -0.145. The third kappa shape index (κ3) is 29.8. The minimum atomic E-state index is -1.05. The molecule has 1 saturated carbocycles. The number of unbranched alkanes of at least 4 members (excludes halogenated alkanes) is 27. The number of esters is 2. The Morgan fingerprint density at radius 2 is 0.922 bits per heavy atom. The fraction of sp³-hybridized carbons (Fsp3) is 0.569. The van der Waals surface area contributed by atoms with Crippen molar-refractivity contribution < 1.29 is 28.7 Å². The SMILES string of the molecule is C=C(C)C(=O)OCCCCCCCCN1C(=O)/C(=C/c2cc(CCCCCCCC)c(-c3ccc(-c4sc(-c5cc6c(SCC(CC)CCCC)c7c(c(SCC(CC)CCCC)c6s5)C=S(c5cc(CCCCCCCC)c(-c6ccc(-c8sc(/C=C9\CC(=S)C(OC(=O)C(=C)C)C9=O)cc8CCCCCCCC)s6)s5)C7)cc4CCCCCCCC)s3)s2)CC1=S. The number of hydrogen-bond acceptors (Lipinski definition) is 17. The summed E-state index contributed by atoms with van der Waals surface area (Å²) >= 11 is 29.9. The van der Waals surface area contributed by atoms with Crippen LogP contribution in [0.3, 0.4) is 0 Å². The summed E-state index contributed by atoms with van der Waals surface area (Å²) in [4.78, 5) is 74.8. The number of carbonyl (C=O) groups excluding carboxylic acids is 4. The number of thiocarbonyl (C=S) groups is 2. The summed E-state index contributed by atoms with van der Waals surface area (Å²) in [6, 6.07) is 22.5. The minimum absolute atomic E-state index is 0.0668. The molecule has 1 amide bonds. The minimum Gasteiger partial charge on any atom is -0.462 e. The molecule has 8 aromatic rings. The second-order valence-corrected chi connectivity index (χ2v) is 48.9. The Morgan fingerprint density at radius 3 is 1.42 bits per heavy atom. The van der Waals surface area contributed by atoms with E-state index in [1.807, 2.05) is 45.0 Å². The van der Waals surface area contributed by atoms with E-state index >= 15 is 0 Å². The van der Waals surface area contributed by atoms with Gasteiger partial charge < -0.3 is 14.4 Å². The van der Waals surface area contributed by atoms with E-state index in [-0.39, 0.29) is 33.7 Å². The van der Waals surface area contributed by atoms with E-state index in [0.717, 1.165) is 115 Å². The van der Waals surface area contributed by atoms with Crippen LogP contribution in [0.25, 0.3) is 71.0 Å². The predicted molar refractivity (Wildman–Crippen MR) is 579 cm³/mol. The Bertz CT molecular complexity index is 5090. The molecule has 2 aliphatic heterocycles. The summed E-state index contributed by atoms with van der Waals surface area (Å²) in [5.41, 5.74) is 11.0. The van der Waals surface area contributed by atoms with E-state index in [2.05, 4.69) is 192 Å². The van der Waals surface area contributed by atoms with Crippen LogP contribution in [0.15, 0.2) is 104 Å². The molecule has 128 heavy (non-hydrogen) atoms. The van der Waals surface area contributed by atoms with E-state index in [4.69, 9.17) is 33.9 Å². The molecule has 1 saturated heterocycles. The summed E-state index contributed by atoms with van der Waals surface area (Å²) in [5.74, 6) is 3.57. The number of rotatable bonds is 62. The van der Waals surface area contributed by atoms with Gasteiger partial charge in [-0.15, -0.1) is 113 Å². The number of fused-ring (bicyclic) bond motifs is 2. The van der Waals surface area contributed by atoms with Gasteiger partial charge >= 0.3 is 11.9 Å². The monoisotopic (exact) mass is 1950 g/mol. The molecule has 19 heteroatoms. The summed E-state index contributed by atoms with van der Waals surface area (Å²) < 4.78 is 13.9. The van der Waals surface area contributed by atoms with E-state index in [0.29, 0.717) is 53.8 Å². The molecule has 0 radical (unpaired) electrons. The van der Waals surface area contributed by atoms with Gasteiger partial charge in [0.2, 0.25) is 5.78 Å². The van der Waals surface area contributed by atoms with Crippen molar-refractivity contribution >= 4 is 199 Å². The number of thioether (sulfide) groups is 2. The standard InChI is InChI=1S/C109H147NO6S12/c1-13-21-27-31-37-43-51-78-61-84(63-82-65-89(117)99(98(82)111)116-109(114)75(11)12)121-100(78)91-56-58-93(124-91)103-81(54-46-40-34-30-24-16-4)68-97(127-103)128-72-87-88(73-128)105(120-71-77(20-8)50-26-18-6)106-86(104(87)119-70-76(19-7)49-25-17-5)69-95(126-106)94-66-80(53-45-39-33-29-23-15-3)102(125-94)92-57-55-90(123-92)101-79(52-44-38-32-28-22-14-2)62-85(122-101)64-83-67-96(118)110(107(83)112)59-47-41-35-36-42-48-60-115-108(113)74(9)10/h55-58,61-64,66,68-69,73,76-77,99H,9,11,13-54,59-60,65,67,70-72H2,1-8,10,12H3/b82-63+,83-64+. The number of ether oxygens (including phenoxy) is 2. The first-order chi connectivity index (χ1) is 62.3. The topological polar surface area (TPSA) is 90.0 Å². The van der Waals surface area contributed by atoms with Gasteiger partial charge in [-0.05, 0) is 203 Å². The molecule has 2 fully saturated rings. The number of hydrogen-bond donors (Lipinski definition) is 0. The average Bonchev–Trinajstić information content (AvgIpc) is 1.57. The molecule has 7 nitrogen and oxygen atoms in total.